The van der Waals surface area contributed by atoms with E-state index in [0.29, 0.717) is 22.9 Å². The third-order valence-corrected chi connectivity index (χ3v) is 6.63. The number of ether oxygens (including phenoxy) is 2. The third kappa shape index (κ3) is 6.77. The molecule has 0 saturated carbocycles. The fourth-order valence-electron chi connectivity index (χ4n) is 3.47. The van der Waals surface area contributed by atoms with E-state index in [9.17, 15) is 18.0 Å². The van der Waals surface area contributed by atoms with Crippen LogP contribution in [0.1, 0.15) is 18.9 Å². The summed E-state index contributed by atoms with van der Waals surface area (Å²) < 4.78 is 36.8. The molecule has 0 aliphatic rings. The zero-order valence-electron chi connectivity index (χ0n) is 19.9. The Morgan fingerprint density at radius 1 is 1.06 bits per heavy atom. The number of amides is 2. The summed E-state index contributed by atoms with van der Waals surface area (Å²) in [5.41, 5.74) is 0.977. The first-order valence-electron chi connectivity index (χ1n) is 10.5. The summed E-state index contributed by atoms with van der Waals surface area (Å²) in [5.74, 6) is -0.149. The Balaban J connectivity index is 2.46. The van der Waals surface area contributed by atoms with Crippen LogP contribution in [0.5, 0.6) is 11.5 Å². The molecule has 0 saturated heterocycles. The maximum Gasteiger partial charge on any atom is 0.244 e. The number of halogens is 1. The maximum absolute atomic E-state index is 13.5. The second-order valence-corrected chi connectivity index (χ2v) is 9.84. The fourth-order valence-corrected chi connectivity index (χ4v) is 4.43. The highest BCUT2D eigenvalue weighted by Crippen LogP contribution is 2.32. The van der Waals surface area contributed by atoms with Crippen LogP contribution in [0.25, 0.3) is 0 Å². The molecule has 11 heteroatoms. The van der Waals surface area contributed by atoms with Crippen LogP contribution in [0.4, 0.5) is 5.69 Å². The number of hydrogen-bond acceptors (Lipinski definition) is 6. The molecule has 0 fully saturated rings. The lowest BCUT2D eigenvalue weighted by Gasteiger charge is -2.32. The fraction of sp³-hybridized carbons (Fsp3) is 0.391. The van der Waals surface area contributed by atoms with E-state index in [4.69, 9.17) is 21.1 Å². The molecule has 1 atom stereocenters. The van der Waals surface area contributed by atoms with Crippen LogP contribution in [0, 0.1) is 0 Å². The van der Waals surface area contributed by atoms with Gasteiger partial charge in [-0.25, -0.2) is 8.42 Å². The normalized spacial score (nSPS) is 11.9. The summed E-state index contributed by atoms with van der Waals surface area (Å²) in [7, 11) is 0.529. The molecular weight excluding hydrogens is 482 g/mol. The number of sulfonamides is 1. The molecule has 0 radical (unpaired) electrons. The number of carbonyl (C=O) groups excluding carboxylic acids is 2. The zero-order chi connectivity index (χ0) is 25.5. The SMILES string of the molecule is CCC(C(=O)NC)N(Cc1ccc(Cl)cc1)C(=O)CN(c1ccc(OC)c(OC)c1)S(C)(=O)=O. The Hall–Kier alpha value is -2.98. The van der Waals surface area contributed by atoms with Crippen molar-refractivity contribution >= 4 is 39.1 Å². The molecule has 1 unspecified atom stereocenters. The van der Waals surface area contributed by atoms with Crippen molar-refractivity contribution in [2.75, 3.05) is 38.4 Å². The van der Waals surface area contributed by atoms with E-state index < -0.39 is 28.5 Å². The van der Waals surface area contributed by atoms with Gasteiger partial charge in [0, 0.05) is 24.7 Å². The van der Waals surface area contributed by atoms with E-state index >= 15 is 0 Å². The van der Waals surface area contributed by atoms with E-state index in [1.165, 1.54) is 38.3 Å². The summed E-state index contributed by atoms with van der Waals surface area (Å²) in [6, 6.07) is 10.6. The minimum Gasteiger partial charge on any atom is -0.493 e. The minimum atomic E-state index is -3.86. The molecule has 186 valence electrons. The molecule has 0 bridgehead atoms. The van der Waals surface area contributed by atoms with Gasteiger partial charge in [-0.15, -0.1) is 0 Å². The Morgan fingerprint density at radius 3 is 2.18 bits per heavy atom. The van der Waals surface area contributed by atoms with Gasteiger partial charge in [-0.1, -0.05) is 30.7 Å². The van der Waals surface area contributed by atoms with Crippen molar-refractivity contribution in [3.63, 3.8) is 0 Å². The van der Waals surface area contributed by atoms with E-state index in [-0.39, 0.29) is 18.1 Å². The van der Waals surface area contributed by atoms with Gasteiger partial charge >= 0.3 is 0 Å². The van der Waals surface area contributed by atoms with Gasteiger partial charge in [0.15, 0.2) is 11.5 Å². The Kier molecular flexibility index (Phi) is 9.57. The van der Waals surface area contributed by atoms with Gasteiger partial charge in [0.1, 0.15) is 12.6 Å². The maximum atomic E-state index is 13.5. The number of hydrogen-bond donors (Lipinski definition) is 1. The van der Waals surface area contributed by atoms with Crippen LogP contribution in [-0.4, -0.2) is 65.2 Å². The Bertz CT molecular complexity index is 1110. The van der Waals surface area contributed by atoms with E-state index in [1.54, 1.807) is 37.3 Å². The number of anilines is 1. The van der Waals surface area contributed by atoms with Crippen LogP contribution < -0.4 is 19.1 Å². The Labute approximate surface area is 205 Å². The molecule has 9 nitrogen and oxygen atoms in total. The highest BCUT2D eigenvalue weighted by molar-refractivity contribution is 7.92. The molecule has 2 aromatic rings. The first-order valence-corrected chi connectivity index (χ1v) is 12.7. The standard InChI is InChI=1S/C23H30ClN3O6S/c1-6-19(23(29)25-2)26(14-16-7-9-17(24)10-8-16)22(28)15-27(34(5,30)31)18-11-12-20(32-3)21(13-18)33-4/h7-13,19H,6,14-15H2,1-5H3,(H,25,29). The van der Waals surface area contributed by atoms with Crippen molar-refractivity contribution in [3.05, 3.63) is 53.1 Å². The number of nitrogens with zero attached hydrogens (tertiary/aromatic N) is 2. The minimum absolute atomic E-state index is 0.103. The molecular formula is C23H30ClN3O6S. The molecule has 1 N–H and O–H groups in total. The largest absolute Gasteiger partial charge is 0.493 e. The van der Waals surface area contributed by atoms with Crippen molar-refractivity contribution in [2.24, 2.45) is 0 Å². The second-order valence-electron chi connectivity index (χ2n) is 7.50. The average molecular weight is 512 g/mol. The first-order chi connectivity index (χ1) is 16.0. The molecule has 0 spiro atoms. The van der Waals surface area contributed by atoms with Crippen molar-refractivity contribution < 1.29 is 27.5 Å². The molecule has 2 rings (SSSR count). The molecule has 2 aromatic carbocycles. The smallest absolute Gasteiger partial charge is 0.244 e. The molecule has 34 heavy (non-hydrogen) atoms. The predicted molar refractivity (Wildman–Crippen MR) is 132 cm³/mol. The van der Waals surface area contributed by atoms with Gasteiger partial charge in [-0.3, -0.25) is 13.9 Å². The van der Waals surface area contributed by atoms with Gasteiger partial charge in [0.25, 0.3) is 0 Å². The van der Waals surface area contributed by atoms with Crippen molar-refractivity contribution in [3.8, 4) is 11.5 Å². The number of carbonyl (C=O) groups is 2. The van der Waals surface area contributed by atoms with Crippen LogP contribution in [0.15, 0.2) is 42.5 Å². The lowest BCUT2D eigenvalue weighted by atomic mass is 10.1. The molecule has 0 heterocycles. The van der Waals surface area contributed by atoms with Gasteiger partial charge < -0.3 is 19.7 Å². The van der Waals surface area contributed by atoms with Gasteiger partial charge in [-0.2, -0.15) is 0 Å². The van der Waals surface area contributed by atoms with Gasteiger partial charge in [0.05, 0.1) is 26.2 Å². The summed E-state index contributed by atoms with van der Waals surface area (Å²) in [4.78, 5) is 27.4. The van der Waals surface area contributed by atoms with Crippen LogP contribution in [0.2, 0.25) is 5.02 Å². The summed E-state index contributed by atoms with van der Waals surface area (Å²) in [5, 5.41) is 3.11. The Morgan fingerprint density at radius 2 is 1.68 bits per heavy atom. The third-order valence-electron chi connectivity index (χ3n) is 5.23. The number of methoxy groups -OCH3 is 2. The van der Waals surface area contributed by atoms with E-state index in [1.807, 2.05) is 0 Å². The van der Waals surface area contributed by atoms with Crippen molar-refractivity contribution in [2.45, 2.75) is 25.9 Å². The van der Waals surface area contributed by atoms with Crippen molar-refractivity contribution in [1.82, 2.24) is 10.2 Å². The predicted octanol–water partition coefficient (Wildman–Crippen LogP) is 2.68. The molecule has 0 aliphatic heterocycles. The average Bonchev–Trinajstić information content (AvgIpc) is 2.82. The molecule has 2 amide bonds. The van der Waals surface area contributed by atoms with Crippen LogP contribution in [0.3, 0.4) is 0 Å². The summed E-state index contributed by atoms with van der Waals surface area (Å²) >= 11 is 5.97. The van der Waals surface area contributed by atoms with Gasteiger partial charge in [-0.05, 0) is 36.2 Å². The second kappa shape index (κ2) is 11.9. The molecule has 0 aliphatic carbocycles. The van der Waals surface area contributed by atoms with Crippen molar-refractivity contribution in [1.29, 1.82) is 0 Å². The van der Waals surface area contributed by atoms with Gasteiger partial charge in [0.2, 0.25) is 21.8 Å². The first kappa shape index (κ1) is 27.3. The van der Waals surface area contributed by atoms with E-state index in [0.717, 1.165) is 16.1 Å². The lowest BCUT2D eigenvalue weighted by molar-refractivity contribution is -0.140. The highest BCUT2D eigenvalue weighted by Gasteiger charge is 2.31. The van der Waals surface area contributed by atoms with E-state index in [2.05, 4.69) is 5.32 Å². The summed E-state index contributed by atoms with van der Waals surface area (Å²) in [6.45, 7) is 1.38. The summed E-state index contributed by atoms with van der Waals surface area (Å²) in [6.07, 6.45) is 1.35. The number of nitrogens with one attached hydrogen (secondary N) is 1. The van der Waals surface area contributed by atoms with Crippen LogP contribution in [-0.2, 0) is 26.2 Å². The lowest BCUT2D eigenvalue weighted by Crippen LogP contribution is -2.51. The quantitative estimate of drug-likeness (QED) is 0.497. The molecule has 0 aromatic heterocycles. The monoisotopic (exact) mass is 511 g/mol. The topological polar surface area (TPSA) is 105 Å². The number of likely N-dealkylation sites (N-methyl/N-ethyl adjacent to an activating group) is 1. The number of benzene rings is 2. The zero-order valence-corrected chi connectivity index (χ0v) is 21.4. The van der Waals surface area contributed by atoms with Crippen LogP contribution >= 0.6 is 11.6 Å². The number of rotatable bonds is 11. The highest BCUT2D eigenvalue weighted by atomic mass is 35.5.